The Bertz CT molecular complexity index is 822. The smallest absolute Gasteiger partial charge is 0.250 e. The number of benzene rings is 1. The van der Waals surface area contributed by atoms with E-state index in [9.17, 15) is 10.0 Å². The number of pyridine rings is 1. The average molecular weight is 359 g/mol. The minimum atomic E-state index is -0.0838. The van der Waals surface area contributed by atoms with Gasteiger partial charge in [0.05, 0.1) is 5.71 Å². The molecule has 0 bridgehead atoms. The van der Waals surface area contributed by atoms with Crippen LogP contribution in [0.4, 0.5) is 0 Å². The highest BCUT2D eigenvalue weighted by Gasteiger charge is 2.29. The van der Waals surface area contributed by atoms with E-state index in [4.69, 9.17) is 11.6 Å². The van der Waals surface area contributed by atoms with Crippen LogP contribution in [0.5, 0.6) is 0 Å². The number of rotatable bonds is 5. The number of oxime groups is 1. The number of hydrogen-bond donors (Lipinski definition) is 1. The van der Waals surface area contributed by atoms with Gasteiger partial charge in [-0.3, -0.25) is 4.79 Å². The van der Waals surface area contributed by atoms with E-state index >= 15 is 0 Å². The van der Waals surface area contributed by atoms with Gasteiger partial charge in [0.2, 0.25) is 5.56 Å². The van der Waals surface area contributed by atoms with Gasteiger partial charge in [-0.2, -0.15) is 0 Å². The normalized spacial score (nSPS) is 17.0. The molecule has 1 aliphatic carbocycles. The number of aromatic nitrogens is 1. The van der Waals surface area contributed by atoms with Crippen LogP contribution < -0.4 is 5.56 Å². The standard InChI is InChI=1S/C20H23ClN2O2/c1-23-13-15(10-11-20(23)24)19(22-25)12-17(14-6-2-3-7-14)16-8-4-5-9-18(16)21/h4-5,8-11,13-14,17,25H,2-3,6-7,12H2,1H3. The predicted octanol–water partition coefficient (Wildman–Crippen LogP) is 4.58. The molecule has 4 nitrogen and oxygen atoms in total. The van der Waals surface area contributed by atoms with E-state index in [2.05, 4.69) is 11.2 Å². The van der Waals surface area contributed by atoms with E-state index < -0.39 is 0 Å². The molecule has 5 heteroatoms. The molecular formula is C20H23ClN2O2. The Balaban J connectivity index is 1.94. The maximum Gasteiger partial charge on any atom is 0.250 e. The fraction of sp³-hybridized carbons (Fsp3) is 0.400. The third kappa shape index (κ3) is 3.96. The van der Waals surface area contributed by atoms with Crippen molar-refractivity contribution in [2.45, 2.75) is 38.0 Å². The Kier molecular flexibility index (Phi) is 5.59. The zero-order valence-electron chi connectivity index (χ0n) is 14.4. The van der Waals surface area contributed by atoms with Gasteiger partial charge in [0.25, 0.3) is 0 Å². The first-order valence-electron chi connectivity index (χ1n) is 8.72. The fourth-order valence-corrected chi connectivity index (χ4v) is 4.13. The van der Waals surface area contributed by atoms with Crippen molar-refractivity contribution in [2.75, 3.05) is 0 Å². The lowest BCUT2D eigenvalue weighted by Crippen LogP contribution is -2.20. The Morgan fingerprint density at radius 3 is 2.64 bits per heavy atom. The first kappa shape index (κ1) is 17.7. The molecule has 1 atom stereocenters. The molecule has 1 fully saturated rings. The quantitative estimate of drug-likeness (QED) is 0.483. The number of nitrogens with zero attached hydrogens (tertiary/aromatic N) is 2. The Morgan fingerprint density at radius 1 is 1.28 bits per heavy atom. The van der Waals surface area contributed by atoms with Crippen LogP contribution in [0.15, 0.2) is 52.5 Å². The monoisotopic (exact) mass is 358 g/mol. The van der Waals surface area contributed by atoms with Gasteiger partial charge in [-0.1, -0.05) is 47.8 Å². The molecule has 2 aromatic rings. The predicted molar refractivity (Wildman–Crippen MR) is 101 cm³/mol. The highest BCUT2D eigenvalue weighted by atomic mass is 35.5. The van der Waals surface area contributed by atoms with Gasteiger partial charge < -0.3 is 9.77 Å². The minimum Gasteiger partial charge on any atom is -0.411 e. The summed E-state index contributed by atoms with van der Waals surface area (Å²) in [6, 6.07) is 11.1. The summed E-state index contributed by atoms with van der Waals surface area (Å²) in [5.74, 6) is 0.739. The number of hydrogen-bond acceptors (Lipinski definition) is 3. The van der Waals surface area contributed by atoms with Crippen LogP contribution in [-0.2, 0) is 7.05 Å². The van der Waals surface area contributed by atoms with Crippen LogP contribution in [0.25, 0.3) is 0 Å². The van der Waals surface area contributed by atoms with Crippen molar-refractivity contribution >= 4 is 17.3 Å². The molecule has 132 valence electrons. The van der Waals surface area contributed by atoms with Gasteiger partial charge in [-0.15, -0.1) is 0 Å². The average Bonchev–Trinajstić information content (AvgIpc) is 3.14. The second-order valence-corrected chi connectivity index (χ2v) is 7.20. The van der Waals surface area contributed by atoms with Crippen molar-refractivity contribution < 1.29 is 5.21 Å². The van der Waals surface area contributed by atoms with E-state index in [1.807, 2.05) is 18.2 Å². The van der Waals surface area contributed by atoms with E-state index in [1.165, 1.54) is 36.3 Å². The Labute approximate surface area is 152 Å². The van der Waals surface area contributed by atoms with Crippen LogP contribution in [0.2, 0.25) is 5.02 Å². The second-order valence-electron chi connectivity index (χ2n) is 6.79. The summed E-state index contributed by atoms with van der Waals surface area (Å²) in [4.78, 5) is 11.6. The first-order chi connectivity index (χ1) is 12.1. The maximum absolute atomic E-state index is 11.6. The van der Waals surface area contributed by atoms with Crippen molar-refractivity contribution in [3.8, 4) is 0 Å². The van der Waals surface area contributed by atoms with Gasteiger partial charge >= 0.3 is 0 Å². The molecule has 1 unspecified atom stereocenters. The van der Waals surface area contributed by atoms with Crippen LogP contribution in [0.1, 0.15) is 49.1 Å². The highest BCUT2D eigenvalue weighted by Crippen LogP contribution is 2.42. The molecule has 25 heavy (non-hydrogen) atoms. The van der Waals surface area contributed by atoms with Crippen LogP contribution in [0, 0.1) is 5.92 Å². The first-order valence-corrected chi connectivity index (χ1v) is 9.10. The van der Waals surface area contributed by atoms with Crippen molar-refractivity contribution in [1.82, 2.24) is 4.57 Å². The van der Waals surface area contributed by atoms with Gasteiger partial charge in [0, 0.05) is 36.3 Å². The number of halogens is 1. The molecule has 1 aliphatic rings. The molecule has 0 spiro atoms. The van der Waals surface area contributed by atoms with Crippen LogP contribution in [-0.4, -0.2) is 15.5 Å². The minimum absolute atomic E-state index is 0.0838. The largest absolute Gasteiger partial charge is 0.411 e. The van der Waals surface area contributed by atoms with E-state index in [1.54, 1.807) is 19.3 Å². The summed E-state index contributed by atoms with van der Waals surface area (Å²) < 4.78 is 1.50. The van der Waals surface area contributed by atoms with E-state index in [0.29, 0.717) is 18.1 Å². The van der Waals surface area contributed by atoms with E-state index in [-0.39, 0.29) is 11.5 Å². The zero-order valence-corrected chi connectivity index (χ0v) is 15.1. The third-order valence-electron chi connectivity index (χ3n) is 5.23. The third-order valence-corrected chi connectivity index (χ3v) is 5.57. The molecule has 1 aromatic carbocycles. The van der Waals surface area contributed by atoms with E-state index in [0.717, 1.165) is 16.1 Å². The maximum atomic E-state index is 11.6. The molecule has 0 saturated heterocycles. The van der Waals surface area contributed by atoms with Crippen molar-refractivity contribution in [2.24, 2.45) is 18.1 Å². The summed E-state index contributed by atoms with van der Waals surface area (Å²) in [5, 5.41) is 13.9. The lowest BCUT2D eigenvalue weighted by Gasteiger charge is -2.25. The zero-order chi connectivity index (χ0) is 17.8. The molecule has 3 rings (SSSR count). The number of aryl methyl sites for hydroxylation is 1. The van der Waals surface area contributed by atoms with Gasteiger partial charge in [-0.25, -0.2) is 0 Å². The van der Waals surface area contributed by atoms with Crippen molar-refractivity contribution in [3.05, 3.63) is 69.1 Å². The van der Waals surface area contributed by atoms with Gasteiger partial charge in [0.15, 0.2) is 0 Å². The Morgan fingerprint density at radius 2 is 2.00 bits per heavy atom. The van der Waals surface area contributed by atoms with Gasteiger partial charge in [0.1, 0.15) is 0 Å². The molecule has 1 saturated carbocycles. The second kappa shape index (κ2) is 7.87. The Hall–Kier alpha value is -2.07. The topological polar surface area (TPSA) is 54.6 Å². The summed E-state index contributed by atoms with van der Waals surface area (Å²) in [6.45, 7) is 0. The summed E-state index contributed by atoms with van der Waals surface area (Å²) in [6.07, 6.45) is 7.12. The molecule has 0 amide bonds. The molecular weight excluding hydrogens is 336 g/mol. The highest BCUT2D eigenvalue weighted by molar-refractivity contribution is 6.31. The SMILES string of the molecule is Cn1cc(C(CC(c2ccccc2Cl)C2CCCC2)=NO)ccc1=O. The summed E-state index contributed by atoms with van der Waals surface area (Å²) >= 11 is 6.47. The lowest BCUT2D eigenvalue weighted by molar-refractivity contribution is 0.316. The molecule has 1 heterocycles. The molecule has 1 N–H and O–H groups in total. The van der Waals surface area contributed by atoms with Crippen molar-refractivity contribution in [3.63, 3.8) is 0 Å². The van der Waals surface area contributed by atoms with Crippen LogP contribution >= 0.6 is 11.6 Å². The lowest BCUT2D eigenvalue weighted by atomic mass is 9.80. The van der Waals surface area contributed by atoms with Gasteiger partial charge in [-0.05, 0) is 42.4 Å². The summed E-state index contributed by atoms with van der Waals surface area (Å²) in [5.41, 5.74) is 2.38. The fourth-order valence-electron chi connectivity index (χ4n) is 3.86. The molecule has 0 aliphatic heterocycles. The van der Waals surface area contributed by atoms with Crippen LogP contribution in [0.3, 0.4) is 0 Å². The summed E-state index contributed by atoms with van der Waals surface area (Å²) in [7, 11) is 1.70. The molecule has 0 radical (unpaired) electrons. The van der Waals surface area contributed by atoms with Crippen molar-refractivity contribution in [1.29, 1.82) is 0 Å². The molecule has 1 aromatic heterocycles.